The second-order valence-corrected chi connectivity index (χ2v) is 5.29. The van der Waals surface area contributed by atoms with Crippen molar-refractivity contribution in [3.63, 3.8) is 0 Å². The highest BCUT2D eigenvalue weighted by atomic mass is 79.9. The quantitative estimate of drug-likeness (QED) is 0.786. The van der Waals surface area contributed by atoms with E-state index in [2.05, 4.69) is 15.9 Å². The first-order valence-electron chi connectivity index (χ1n) is 5.34. The fourth-order valence-corrected chi connectivity index (χ4v) is 2.14. The molecule has 0 saturated heterocycles. The minimum Gasteiger partial charge on any atom is -0.506 e. The number of carboxylic acids is 1. The fourth-order valence-electron chi connectivity index (χ4n) is 1.66. The van der Waals surface area contributed by atoms with Gasteiger partial charge in [-0.15, -0.1) is 12.4 Å². The normalized spacial score (nSPS) is 12.1. The highest BCUT2D eigenvalue weighted by molar-refractivity contribution is 9.10. The van der Waals surface area contributed by atoms with E-state index in [0.717, 1.165) is 0 Å². The van der Waals surface area contributed by atoms with Gasteiger partial charge in [-0.3, -0.25) is 0 Å². The number of rotatable bonds is 4. The molecule has 4 nitrogen and oxygen atoms in total. The van der Waals surface area contributed by atoms with E-state index in [0.29, 0.717) is 22.4 Å². The Bertz CT molecular complexity index is 438. The van der Waals surface area contributed by atoms with Crippen molar-refractivity contribution < 1.29 is 15.0 Å². The predicted octanol–water partition coefficient (Wildman–Crippen LogP) is 3.32. The monoisotopic (exact) mass is 337 g/mol. The van der Waals surface area contributed by atoms with Crippen molar-refractivity contribution in [3.8, 4) is 5.75 Å². The zero-order valence-electron chi connectivity index (χ0n) is 10.2. The maximum absolute atomic E-state index is 10.9. The number of hydrogen-bond acceptors (Lipinski definition) is 3. The third kappa shape index (κ3) is 4.15. The van der Waals surface area contributed by atoms with Crippen molar-refractivity contribution in [1.82, 2.24) is 0 Å². The van der Waals surface area contributed by atoms with Crippen molar-refractivity contribution in [3.05, 3.63) is 27.7 Å². The molecule has 0 amide bonds. The Morgan fingerprint density at radius 3 is 2.44 bits per heavy atom. The lowest BCUT2D eigenvalue weighted by molar-refractivity contribution is 0.0696. The molecule has 0 saturated carbocycles. The second kappa shape index (κ2) is 6.97. The molecule has 18 heavy (non-hydrogen) atoms. The molecule has 102 valence electrons. The predicted molar refractivity (Wildman–Crippen MR) is 76.4 cm³/mol. The molecule has 0 fully saturated rings. The third-order valence-electron chi connectivity index (χ3n) is 2.46. The fraction of sp³-hybridized carbons (Fsp3) is 0.417. The van der Waals surface area contributed by atoms with E-state index in [9.17, 15) is 9.90 Å². The number of carbonyl (C=O) groups is 1. The lowest BCUT2D eigenvalue weighted by atomic mass is 9.96. The molecule has 0 unspecified atom stereocenters. The smallest absolute Gasteiger partial charge is 0.335 e. The highest BCUT2D eigenvalue weighted by Crippen LogP contribution is 2.34. The first-order valence-corrected chi connectivity index (χ1v) is 6.13. The lowest BCUT2D eigenvalue weighted by Crippen LogP contribution is -2.14. The number of phenolic OH excluding ortho intramolecular Hbond substituents is 1. The van der Waals surface area contributed by atoms with Crippen LogP contribution < -0.4 is 5.73 Å². The molecule has 1 aromatic carbocycles. The molecule has 6 heteroatoms. The molecule has 0 radical (unpaired) electrons. The van der Waals surface area contributed by atoms with Gasteiger partial charge in [-0.1, -0.05) is 13.8 Å². The van der Waals surface area contributed by atoms with Gasteiger partial charge in [0.15, 0.2) is 0 Å². The van der Waals surface area contributed by atoms with Gasteiger partial charge in [0.2, 0.25) is 0 Å². The van der Waals surface area contributed by atoms with Crippen LogP contribution >= 0.6 is 28.3 Å². The number of nitrogens with two attached hydrogens (primary N) is 1. The maximum Gasteiger partial charge on any atom is 0.335 e. The number of carboxylic acid groups (broad SMARTS) is 1. The Hall–Kier alpha value is -0.780. The van der Waals surface area contributed by atoms with E-state index >= 15 is 0 Å². The van der Waals surface area contributed by atoms with E-state index < -0.39 is 5.97 Å². The molecular weight excluding hydrogens is 321 g/mol. The van der Waals surface area contributed by atoms with Crippen molar-refractivity contribution in [1.29, 1.82) is 0 Å². The zero-order valence-corrected chi connectivity index (χ0v) is 12.6. The minimum absolute atomic E-state index is 0. The molecule has 0 aromatic heterocycles. The van der Waals surface area contributed by atoms with Crippen molar-refractivity contribution in [2.45, 2.75) is 26.3 Å². The van der Waals surface area contributed by atoms with Gasteiger partial charge in [0.05, 0.1) is 10.0 Å². The minimum atomic E-state index is -1.04. The first kappa shape index (κ1) is 17.2. The standard InChI is InChI=1S/C12H16BrNO3.ClH/c1-6(2)3-10(14)8-4-7(12(16)17)5-9(13)11(8)15;/h4-6,10,15H,3,14H2,1-2H3,(H,16,17);1H/t10-;/m1./s1. The van der Waals surface area contributed by atoms with Gasteiger partial charge < -0.3 is 15.9 Å². The molecule has 1 atom stereocenters. The van der Waals surface area contributed by atoms with Crippen LogP contribution in [0.1, 0.15) is 42.2 Å². The van der Waals surface area contributed by atoms with Crippen LogP contribution in [0.25, 0.3) is 0 Å². The summed E-state index contributed by atoms with van der Waals surface area (Å²) in [6.45, 7) is 4.04. The van der Waals surface area contributed by atoms with Gasteiger partial charge in [0.1, 0.15) is 5.75 Å². The van der Waals surface area contributed by atoms with E-state index in [1.807, 2.05) is 13.8 Å². The number of benzene rings is 1. The van der Waals surface area contributed by atoms with Crippen LogP contribution in [0.2, 0.25) is 0 Å². The summed E-state index contributed by atoms with van der Waals surface area (Å²) < 4.78 is 0.353. The number of hydrogen-bond donors (Lipinski definition) is 3. The average molecular weight is 339 g/mol. The van der Waals surface area contributed by atoms with Crippen LogP contribution in [0.5, 0.6) is 5.75 Å². The Balaban J connectivity index is 0.00000289. The topological polar surface area (TPSA) is 83.6 Å². The lowest BCUT2D eigenvalue weighted by Gasteiger charge is -2.17. The van der Waals surface area contributed by atoms with E-state index in [4.69, 9.17) is 10.8 Å². The Morgan fingerprint density at radius 2 is 2.00 bits per heavy atom. The van der Waals surface area contributed by atoms with Gasteiger partial charge in [0.25, 0.3) is 0 Å². The van der Waals surface area contributed by atoms with Gasteiger partial charge in [-0.05, 0) is 40.4 Å². The van der Waals surface area contributed by atoms with Crippen LogP contribution in [0.3, 0.4) is 0 Å². The van der Waals surface area contributed by atoms with Gasteiger partial charge in [-0.25, -0.2) is 4.79 Å². The van der Waals surface area contributed by atoms with Crippen LogP contribution in [0.15, 0.2) is 16.6 Å². The third-order valence-corrected chi connectivity index (χ3v) is 3.07. The Kier molecular flexibility index (Phi) is 6.67. The van der Waals surface area contributed by atoms with E-state index in [1.165, 1.54) is 12.1 Å². The van der Waals surface area contributed by atoms with E-state index in [1.54, 1.807) is 0 Å². The molecule has 0 bridgehead atoms. The summed E-state index contributed by atoms with van der Waals surface area (Å²) in [6, 6.07) is 2.42. The van der Waals surface area contributed by atoms with Gasteiger partial charge in [0, 0.05) is 11.6 Å². The molecule has 0 spiro atoms. The molecule has 1 aromatic rings. The highest BCUT2D eigenvalue weighted by Gasteiger charge is 2.18. The summed E-state index contributed by atoms with van der Waals surface area (Å²) in [5.41, 5.74) is 6.54. The van der Waals surface area contributed by atoms with E-state index in [-0.39, 0.29) is 29.8 Å². The van der Waals surface area contributed by atoms with Gasteiger partial charge >= 0.3 is 5.97 Å². The summed E-state index contributed by atoms with van der Waals surface area (Å²) >= 11 is 3.13. The summed E-state index contributed by atoms with van der Waals surface area (Å²) in [5.74, 6) is -0.650. The zero-order chi connectivity index (χ0) is 13.2. The van der Waals surface area contributed by atoms with Crippen molar-refractivity contribution in [2.75, 3.05) is 0 Å². The largest absolute Gasteiger partial charge is 0.506 e. The number of aromatic hydroxyl groups is 1. The SMILES string of the molecule is CC(C)C[C@@H](N)c1cc(C(=O)O)cc(Br)c1O.Cl. The molecule has 4 N–H and O–H groups in total. The molecule has 0 aliphatic heterocycles. The Morgan fingerprint density at radius 1 is 1.44 bits per heavy atom. The molecular formula is C12H17BrClNO3. The number of phenols is 1. The molecule has 0 heterocycles. The van der Waals surface area contributed by atoms with Crippen LogP contribution in [-0.4, -0.2) is 16.2 Å². The molecule has 0 aliphatic carbocycles. The number of halogens is 2. The average Bonchev–Trinajstić information content (AvgIpc) is 2.20. The molecule has 0 aliphatic rings. The first-order chi connectivity index (χ1) is 7.82. The molecule has 1 rings (SSSR count). The van der Waals surface area contributed by atoms with Crippen LogP contribution in [0, 0.1) is 5.92 Å². The maximum atomic E-state index is 10.9. The van der Waals surface area contributed by atoms with Crippen molar-refractivity contribution in [2.24, 2.45) is 11.7 Å². The van der Waals surface area contributed by atoms with Crippen LogP contribution in [-0.2, 0) is 0 Å². The Labute approximate surface area is 121 Å². The summed E-state index contributed by atoms with van der Waals surface area (Å²) in [7, 11) is 0. The summed E-state index contributed by atoms with van der Waals surface area (Å²) in [5, 5.41) is 18.8. The summed E-state index contributed by atoms with van der Waals surface area (Å²) in [4.78, 5) is 10.9. The van der Waals surface area contributed by atoms with Gasteiger partial charge in [-0.2, -0.15) is 0 Å². The summed E-state index contributed by atoms with van der Waals surface area (Å²) in [6.07, 6.45) is 0.684. The van der Waals surface area contributed by atoms with Crippen molar-refractivity contribution >= 4 is 34.3 Å². The van der Waals surface area contributed by atoms with Crippen LogP contribution in [0.4, 0.5) is 0 Å². The number of aromatic carboxylic acids is 1. The second-order valence-electron chi connectivity index (χ2n) is 4.44.